The predicted molar refractivity (Wildman–Crippen MR) is 124 cm³/mol. The summed E-state index contributed by atoms with van der Waals surface area (Å²) in [6, 6.07) is 15.8. The molecule has 3 aromatic carbocycles. The van der Waals surface area contributed by atoms with Crippen LogP contribution in [0.4, 0.5) is 11.4 Å². The predicted octanol–water partition coefficient (Wildman–Crippen LogP) is 5.39. The fraction of sp³-hybridized carbons (Fsp3) is 0.136. The molecule has 3 aromatic rings. The van der Waals surface area contributed by atoms with Gasteiger partial charge in [-0.2, -0.15) is 0 Å². The van der Waals surface area contributed by atoms with Crippen LogP contribution in [0.15, 0.2) is 65.6 Å². The van der Waals surface area contributed by atoms with Crippen LogP contribution < -0.4 is 14.4 Å². The standard InChI is InChI=1S/C22H20Cl2N2O4S/c1-14-4-11-20(30-3)19(12-14)25-22(27)15-5-10-18(24)21(13-15)31(28,29)26(2)17-8-6-16(23)7-9-17/h4-13H,1-3H3,(H,25,27). The lowest BCUT2D eigenvalue weighted by Crippen LogP contribution is -2.27. The largest absolute Gasteiger partial charge is 0.495 e. The van der Waals surface area contributed by atoms with Gasteiger partial charge in [-0.25, -0.2) is 8.42 Å². The summed E-state index contributed by atoms with van der Waals surface area (Å²) >= 11 is 12.1. The molecule has 0 fully saturated rings. The lowest BCUT2D eigenvalue weighted by molar-refractivity contribution is 0.102. The molecule has 31 heavy (non-hydrogen) atoms. The van der Waals surface area contributed by atoms with Crippen LogP contribution in [0.5, 0.6) is 5.75 Å². The first kappa shape index (κ1) is 22.9. The third-order valence-electron chi connectivity index (χ3n) is 4.63. The number of hydrogen-bond acceptors (Lipinski definition) is 4. The van der Waals surface area contributed by atoms with Crippen molar-refractivity contribution in [3.63, 3.8) is 0 Å². The zero-order valence-electron chi connectivity index (χ0n) is 17.0. The molecule has 0 bridgehead atoms. The molecule has 3 rings (SSSR count). The maximum atomic E-state index is 13.2. The van der Waals surface area contributed by atoms with Crippen molar-refractivity contribution in [2.24, 2.45) is 0 Å². The summed E-state index contributed by atoms with van der Waals surface area (Å²) in [6.45, 7) is 1.88. The normalized spacial score (nSPS) is 11.1. The van der Waals surface area contributed by atoms with E-state index in [1.54, 1.807) is 36.4 Å². The number of ether oxygens (including phenoxy) is 1. The van der Waals surface area contributed by atoms with Crippen LogP contribution in [0.2, 0.25) is 10.0 Å². The molecule has 0 saturated heterocycles. The molecule has 0 aliphatic carbocycles. The molecule has 0 spiro atoms. The van der Waals surface area contributed by atoms with Crippen molar-refractivity contribution in [1.29, 1.82) is 0 Å². The Morgan fingerprint density at radius 3 is 2.32 bits per heavy atom. The minimum absolute atomic E-state index is 0.00509. The van der Waals surface area contributed by atoms with E-state index in [0.717, 1.165) is 9.87 Å². The van der Waals surface area contributed by atoms with Crippen molar-refractivity contribution in [3.8, 4) is 5.75 Å². The van der Waals surface area contributed by atoms with E-state index in [4.69, 9.17) is 27.9 Å². The monoisotopic (exact) mass is 478 g/mol. The molecule has 162 valence electrons. The van der Waals surface area contributed by atoms with Gasteiger partial charge in [0.1, 0.15) is 10.6 Å². The SMILES string of the molecule is COc1ccc(C)cc1NC(=O)c1ccc(Cl)c(S(=O)(=O)N(C)c2ccc(Cl)cc2)c1. The van der Waals surface area contributed by atoms with E-state index in [2.05, 4.69) is 5.32 Å². The van der Waals surface area contributed by atoms with Crippen molar-refractivity contribution in [1.82, 2.24) is 0 Å². The van der Waals surface area contributed by atoms with E-state index in [-0.39, 0.29) is 15.5 Å². The Bertz CT molecular complexity index is 1230. The van der Waals surface area contributed by atoms with E-state index in [0.29, 0.717) is 22.1 Å². The Morgan fingerprint density at radius 2 is 1.68 bits per heavy atom. The Morgan fingerprint density at radius 1 is 1.00 bits per heavy atom. The minimum Gasteiger partial charge on any atom is -0.495 e. The van der Waals surface area contributed by atoms with E-state index in [1.165, 1.54) is 32.4 Å². The topological polar surface area (TPSA) is 75.7 Å². The number of nitrogens with one attached hydrogen (secondary N) is 1. The van der Waals surface area contributed by atoms with E-state index < -0.39 is 15.9 Å². The number of methoxy groups -OCH3 is 1. The summed E-state index contributed by atoms with van der Waals surface area (Å²) in [5, 5.41) is 3.24. The van der Waals surface area contributed by atoms with Gasteiger partial charge in [-0.1, -0.05) is 29.3 Å². The molecule has 1 N–H and O–H groups in total. The maximum absolute atomic E-state index is 13.2. The lowest BCUT2D eigenvalue weighted by Gasteiger charge is -2.20. The lowest BCUT2D eigenvalue weighted by atomic mass is 10.1. The Balaban J connectivity index is 1.95. The number of aryl methyl sites for hydroxylation is 1. The van der Waals surface area contributed by atoms with Crippen molar-refractivity contribution in [2.75, 3.05) is 23.8 Å². The second kappa shape index (κ2) is 9.18. The number of carbonyl (C=O) groups is 1. The first-order chi connectivity index (χ1) is 14.6. The molecule has 6 nitrogen and oxygen atoms in total. The van der Waals surface area contributed by atoms with Crippen LogP contribution in [0.3, 0.4) is 0 Å². The smallest absolute Gasteiger partial charge is 0.265 e. The van der Waals surface area contributed by atoms with Gasteiger partial charge >= 0.3 is 0 Å². The van der Waals surface area contributed by atoms with Crippen LogP contribution in [-0.2, 0) is 10.0 Å². The quantitative estimate of drug-likeness (QED) is 0.515. The van der Waals surface area contributed by atoms with Crippen molar-refractivity contribution in [2.45, 2.75) is 11.8 Å². The third-order valence-corrected chi connectivity index (χ3v) is 7.14. The zero-order valence-corrected chi connectivity index (χ0v) is 19.3. The van der Waals surface area contributed by atoms with Crippen LogP contribution in [-0.4, -0.2) is 28.5 Å². The molecule has 0 unspecified atom stereocenters. The second-order valence-electron chi connectivity index (χ2n) is 6.75. The average molecular weight is 479 g/mol. The molecule has 0 heterocycles. The summed E-state index contributed by atoms with van der Waals surface area (Å²) in [5.74, 6) is -0.00519. The first-order valence-electron chi connectivity index (χ1n) is 9.13. The molecular formula is C22H20Cl2N2O4S. The maximum Gasteiger partial charge on any atom is 0.265 e. The number of rotatable bonds is 6. The number of hydrogen-bond donors (Lipinski definition) is 1. The molecule has 1 amide bonds. The van der Waals surface area contributed by atoms with Crippen molar-refractivity contribution < 1.29 is 17.9 Å². The van der Waals surface area contributed by atoms with Crippen LogP contribution >= 0.6 is 23.2 Å². The highest BCUT2D eigenvalue weighted by Gasteiger charge is 2.25. The number of halogens is 2. The molecular weight excluding hydrogens is 459 g/mol. The highest BCUT2D eigenvalue weighted by atomic mass is 35.5. The number of amides is 1. The van der Waals surface area contributed by atoms with Gasteiger partial charge in [-0.15, -0.1) is 0 Å². The zero-order chi connectivity index (χ0) is 22.8. The third kappa shape index (κ3) is 4.95. The Hall–Kier alpha value is -2.74. The van der Waals surface area contributed by atoms with Gasteiger partial charge in [0.05, 0.1) is 23.5 Å². The molecule has 0 aromatic heterocycles. The van der Waals surface area contributed by atoms with Gasteiger partial charge in [-0.3, -0.25) is 9.10 Å². The van der Waals surface area contributed by atoms with Crippen LogP contribution in [0.25, 0.3) is 0 Å². The molecule has 0 radical (unpaired) electrons. The highest BCUT2D eigenvalue weighted by molar-refractivity contribution is 7.93. The van der Waals surface area contributed by atoms with Gasteiger partial charge in [-0.05, 0) is 67.1 Å². The molecule has 0 saturated carbocycles. The number of carbonyl (C=O) groups excluding carboxylic acids is 1. The summed E-state index contributed by atoms with van der Waals surface area (Å²) in [6.07, 6.45) is 0. The fourth-order valence-corrected chi connectivity index (χ4v) is 4.71. The molecule has 0 aliphatic heterocycles. The highest BCUT2D eigenvalue weighted by Crippen LogP contribution is 2.30. The summed E-state index contributed by atoms with van der Waals surface area (Å²) < 4.78 is 32.7. The van der Waals surface area contributed by atoms with Gasteiger partial charge in [0.25, 0.3) is 15.9 Å². The van der Waals surface area contributed by atoms with Gasteiger partial charge in [0.15, 0.2) is 0 Å². The Labute approximate surface area is 191 Å². The summed E-state index contributed by atoms with van der Waals surface area (Å²) in [7, 11) is -1.13. The van der Waals surface area contributed by atoms with Crippen LogP contribution in [0.1, 0.15) is 15.9 Å². The average Bonchev–Trinajstić information content (AvgIpc) is 2.74. The van der Waals surface area contributed by atoms with Gasteiger partial charge < -0.3 is 10.1 Å². The molecule has 0 atom stereocenters. The van der Waals surface area contributed by atoms with Crippen molar-refractivity contribution in [3.05, 3.63) is 81.8 Å². The summed E-state index contributed by atoms with van der Waals surface area (Å²) in [4.78, 5) is 12.6. The van der Waals surface area contributed by atoms with Gasteiger partial charge in [0, 0.05) is 17.6 Å². The number of nitrogens with zero attached hydrogens (tertiary/aromatic N) is 1. The summed E-state index contributed by atoms with van der Waals surface area (Å²) in [5.41, 5.74) is 1.95. The number of anilines is 2. The minimum atomic E-state index is -4.03. The van der Waals surface area contributed by atoms with E-state index >= 15 is 0 Å². The second-order valence-corrected chi connectivity index (χ2v) is 9.53. The van der Waals surface area contributed by atoms with Gasteiger partial charge in [0.2, 0.25) is 0 Å². The van der Waals surface area contributed by atoms with E-state index in [1.807, 2.05) is 13.0 Å². The Kier molecular flexibility index (Phi) is 6.79. The van der Waals surface area contributed by atoms with Crippen LogP contribution in [0, 0.1) is 6.92 Å². The number of sulfonamides is 1. The fourth-order valence-electron chi connectivity index (χ4n) is 2.89. The van der Waals surface area contributed by atoms with Crippen molar-refractivity contribution >= 4 is 50.5 Å². The number of benzene rings is 3. The first-order valence-corrected chi connectivity index (χ1v) is 11.3. The molecule has 0 aliphatic rings. The molecule has 9 heteroatoms. The van der Waals surface area contributed by atoms with E-state index in [9.17, 15) is 13.2 Å².